The molecule has 1 aromatic carbocycles. The minimum atomic E-state index is -0.678. The maximum atomic E-state index is 12.3. The van der Waals surface area contributed by atoms with Crippen LogP contribution in [0.3, 0.4) is 0 Å². The number of ether oxygens (including phenoxy) is 1. The lowest BCUT2D eigenvalue weighted by Gasteiger charge is -2.22. The van der Waals surface area contributed by atoms with Gasteiger partial charge in [-0.3, -0.25) is 9.78 Å². The molecule has 0 fully saturated rings. The Morgan fingerprint density at radius 2 is 2.08 bits per heavy atom. The van der Waals surface area contributed by atoms with Crippen molar-refractivity contribution in [2.24, 2.45) is 0 Å². The van der Waals surface area contributed by atoms with E-state index in [-0.39, 0.29) is 24.2 Å². The maximum Gasteiger partial charge on any atom is 0.359 e. The number of esters is 1. The summed E-state index contributed by atoms with van der Waals surface area (Å²) in [6.07, 6.45) is 4.13. The van der Waals surface area contributed by atoms with E-state index in [0.717, 1.165) is 15.2 Å². The summed E-state index contributed by atoms with van der Waals surface area (Å²) in [4.78, 5) is 37.8. The van der Waals surface area contributed by atoms with Gasteiger partial charge in [0.2, 0.25) is 0 Å². The molecule has 7 nitrogen and oxygen atoms in total. The minimum absolute atomic E-state index is 0.0668. The monoisotopic (exact) mass is 356 g/mol. The first kappa shape index (κ1) is 17.0. The molecule has 3 rings (SSSR count). The summed E-state index contributed by atoms with van der Waals surface area (Å²) < 4.78 is 6.08. The van der Waals surface area contributed by atoms with E-state index in [1.165, 1.54) is 23.5 Å². The van der Waals surface area contributed by atoms with E-state index in [2.05, 4.69) is 15.0 Å². The quantitative estimate of drug-likeness (QED) is 0.653. The number of carbonyl (C=O) groups excluding carboxylic acids is 2. The molecule has 2 aromatic heterocycles. The largest absolute Gasteiger partial charge is 0.451 e. The van der Waals surface area contributed by atoms with E-state index >= 15 is 0 Å². The average molecular weight is 356 g/mol. The summed E-state index contributed by atoms with van der Waals surface area (Å²) in [7, 11) is 1.66. The van der Waals surface area contributed by atoms with Gasteiger partial charge in [0.25, 0.3) is 5.91 Å². The zero-order valence-electron chi connectivity index (χ0n) is 13.7. The zero-order chi connectivity index (χ0) is 17.8. The number of para-hydroxylation sites is 1. The van der Waals surface area contributed by atoms with Crippen molar-refractivity contribution in [3.05, 3.63) is 53.6 Å². The van der Waals surface area contributed by atoms with Gasteiger partial charge in [-0.05, 0) is 19.1 Å². The van der Waals surface area contributed by atoms with Crippen LogP contribution >= 0.6 is 11.3 Å². The van der Waals surface area contributed by atoms with Gasteiger partial charge in [0.05, 0.1) is 22.5 Å². The van der Waals surface area contributed by atoms with Gasteiger partial charge in [-0.25, -0.2) is 14.8 Å². The minimum Gasteiger partial charge on any atom is -0.451 e. The third-order valence-corrected chi connectivity index (χ3v) is 4.95. The van der Waals surface area contributed by atoms with Crippen LogP contribution in [0.4, 0.5) is 0 Å². The third kappa shape index (κ3) is 3.80. The molecule has 0 spiro atoms. The summed E-state index contributed by atoms with van der Waals surface area (Å²) in [5.74, 6) is -0.994. The number of rotatable bonds is 5. The maximum absolute atomic E-state index is 12.3. The van der Waals surface area contributed by atoms with Crippen molar-refractivity contribution in [1.29, 1.82) is 0 Å². The van der Waals surface area contributed by atoms with E-state index in [0.29, 0.717) is 0 Å². The number of fused-ring (bicyclic) bond motifs is 1. The van der Waals surface area contributed by atoms with E-state index in [1.807, 2.05) is 31.2 Å². The van der Waals surface area contributed by atoms with E-state index < -0.39 is 5.97 Å². The lowest BCUT2D eigenvalue weighted by molar-refractivity contribution is -0.135. The Bertz CT molecular complexity index is 864. The van der Waals surface area contributed by atoms with Crippen molar-refractivity contribution in [3.63, 3.8) is 0 Å². The number of likely N-dealkylation sites (N-methyl/N-ethyl adjacent to an activating group) is 1. The van der Waals surface area contributed by atoms with Crippen molar-refractivity contribution in [2.75, 3.05) is 13.7 Å². The Hall–Kier alpha value is -2.87. The second kappa shape index (κ2) is 7.35. The van der Waals surface area contributed by atoms with Crippen LogP contribution in [-0.2, 0) is 9.53 Å². The van der Waals surface area contributed by atoms with Crippen LogP contribution < -0.4 is 0 Å². The van der Waals surface area contributed by atoms with Crippen LogP contribution in [0.2, 0.25) is 0 Å². The van der Waals surface area contributed by atoms with Crippen LogP contribution in [-0.4, -0.2) is 45.4 Å². The fourth-order valence-corrected chi connectivity index (χ4v) is 3.22. The Kier molecular flexibility index (Phi) is 4.99. The average Bonchev–Trinajstić information content (AvgIpc) is 3.09. The lowest BCUT2D eigenvalue weighted by Crippen LogP contribution is -2.33. The predicted molar refractivity (Wildman–Crippen MR) is 93.1 cm³/mol. The highest BCUT2D eigenvalue weighted by molar-refractivity contribution is 7.18. The molecule has 128 valence electrons. The molecule has 25 heavy (non-hydrogen) atoms. The topological polar surface area (TPSA) is 85.3 Å². The van der Waals surface area contributed by atoms with Crippen molar-refractivity contribution in [3.8, 4) is 0 Å². The molecule has 1 amide bonds. The zero-order valence-corrected chi connectivity index (χ0v) is 14.6. The molecular formula is C17H16N4O3S. The fraction of sp³-hybridized carbons (Fsp3) is 0.235. The molecule has 0 saturated carbocycles. The molecule has 0 aliphatic rings. The summed E-state index contributed by atoms with van der Waals surface area (Å²) in [5, 5.41) is 0.831. The predicted octanol–water partition coefficient (Wildman–Crippen LogP) is 2.46. The Morgan fingerprint density at radius 3 is 2.80 bits per heavy atom. The highest BCUT2D eigenvalue weighted by Gasteiger charge is 2.22. The van der Waals surface area contributed by atoms with Gasteiger partial charge in [0.1, 0.15) is 5.01 Å². The molecular weight excluding hydrogens is 340 g/mol. The summed E-state index contributed by atoms with van der Waals surface area (Å²) in [6.45, 7) is 1.53. The van der Waals surface area contributed by atoms with Gasteiger partial charge in [0, 0.05) is 19.4 Å². The Balaban J connectivity index is 1.62. The SMILES string of the molecule is C[C@H](c1nc2ccccc2s1)N(C)C(=O)COC(=O)c1cnccn1. The summed E-state index contributed by atoms with van der Waals surface area (Å²) in [5.41, 5.74) is 0.974. The molecule has 3 aromatic rings. The molecule has 0 N–H and O–H groups in total. The number of benzene rings is 1. The van der Waals surface area contributed by atoms with Crippen molar-refractivity contribution in [1.82, 2.24) is 19.9 Å². The van der Waals surface area contributed by atoms with Crippen molar-refractivity contribution >= 4 is 33.4 Å². The number of carbonyl (C=O) groups is 2. The van der Waals surface area contributed by atoms with Crippen LogP contribution in [0.15, 0.2) is 42.9 Å². The first-order chi connectivity index (χ1) is 12.1. The third-order valence-electron chi connectivity index (χ3n) is 3.74. The summed E-state index contributed by atoms with van der Waals surface area (Å²) in [6, 6.07) is 7.59. The van der Waals surface area contributed by atoms with Crippen LogP contribution in [0.25, 0.3) is 10.2 Å². The van der Waals surface area contributed by atoms with Gasteiger partial charge in [-0.1, -0.05) is 12.1 Å². The normalized spacial score (nSPS) is 11.9. The van der Waals surface area contributed by atoms with Crippen LogP contribution in [0.1, 0.15) is 28.5 Å². The first-order valence-electron chi connectivity index (χ1n) is 7.60. The van der Waals surface area contributed by atoms with Gasteiger partial charge in [0.15, 0.2) is 12.3 Å². The molecule has 0 aliphatic carbocycles. The highest BCUT2D eigenvalue weighted by atomic mass is 32.1. The molecule has 0 bridgehead atoms. The number of aromatic nitrogens is 3. The number of amides is 1. The van der Waals surface area contributed by atoms with Gasteiger partial charge in [-0.15, -0.1) is 11.3 Å². The van der Waals surface area contributed by atoms with E-state index in [9.17, 15) is 9.59 Å². The van der Waals surface area contributed by atoms with Crippen LogP contribution in [0, 0.1) is 0 Å². The molecule has 2 heterocycles. The summed E-state index contributed by atoms with van der Waals surface area (Å²) >= 11 is 1.54. The van der Waals surface area contributed by atoms with Crippen molar-refractivity contribution < 1.29 is 14.3 Å². The number of thiazole rings is 1. The number of hydrogen-bond acceptors (Lipinski definition) is 7. The Morgan fingerprint density at radius 1 is 1.28 bits per heavy atom. The Labute approximate surface area is 148 Å². The second-order valence-corrected chi connectivity index (χ2v) is 6.43. The smallest absolute Gasteiger partial charge is 0.359 e. The number of hydrogen-bond donors (Lipinski definition) is 0. The molecule has 0 saturated heterocycles. The number of nitrogens with zero attached hydrogens (tertiary/aromatic N) is 4. The molecule has 0 unspecified atom stereocenters. The molecule has 0 radical (unpaired) electrons. The molecule has 8 heteroatoms. The van der Waals surface area contributed by atoms with Gasteiger partial charge >= 0.3 is 5.97 Å². The lowest BCUT2D eigenvalue weighted by atomic mass is 10.3. The van der Waals surface area contributed by atoms with E-state index in [1.54, 1.807) is 18.4 Å². The fourth-order valence-electron chi connectivity index (χ4n) is 2.16. The second-order valence-electron chi connectivity index (χ2n) is 5.37. The standard InChI is InChI=1S/C17H16N4O3S/c1-11(16-20-12-5-3-4-6-14(12)25-16)21(2)15(22)10-24-17(23)13-9-18-7-8-19-13/h3-9,11H,10H2,1-2H3/t11-/m1/s1. The van der Waals surface area contributed by atoms with Crippen LogP contribution in [0.5, 0.6) is 0 Å². The van der Waals surface area contributed by atoms with Crippen molar-refractivity contribution in [2.45, 2.75) is 13.0 Å². The molecule has 1 atom stereocenters. The van der Waals surface area contributed by atoms with E-state index in [4.69, 9.17) is 4.74 Å². The van der Waals surface area contributed by atoms with Gasteiger partial charge < -0.3 is 9.64 Å². The highest BCUT2D eigenvalue weighted by Crippen LogP contribution is 2.28. The first-order valence-corrected chi connectivity index (χ1v) is 8.42. The molecule has 0 aliphatic heterocycles. The van der Waals surface area contributed by atoms with Gasteiger partial charge in [-0.2, -0.15) is 0 Å².